The van der Waals surface area contributed by atoms with E-state index >= 15 is 0 Å². The Labute approximate surface area is 107 Å². The summed E-state index contributed by atoms with van der Waals surface area (Å²) in [4.78, 5) is 0. The van der Waals surface area contributed by atoms with E-state index < -0.39 is 0 Å². The van der Waals surface area contributed by atoms with Crippen molar-refractivity contribution in [3.8, 4) is 0 Å². The predicted molar refractivity (Wildman–Crippen MR) is 68.1 cm³/mol. The summed E-state index contributed by atoms with van der Waals surface area (Å²) in [5, 5.41) is 3.66. The number of ether oxygens (including phenoxy) is 1. The molecule has 0 fully saturated rings. The normalized spacial score (nSPS) is 10.7. The first kappa shape index (κ1) is 13.8. The fourth-order valence-corrected chi connectivity index (χ4v) is 1.90. The van der Waals surface area contributed by atoms with Crippen LogP contribution in [-0.4, -0.2) is 19.8 Å². The Hall–Kier alpha value is -0.280. The third-order valence-corrected chi connectivity index (χ3v) is 2.87. The highest BCUT2D eigenvalue weighted by Gasteiger charge is 2.02. The zero-order valence-corrected chi connectivity index (χ0v) is 11.0. The van der Waals surface area contributed by atoms with Crippen molar-refractivity contribution in [1.29, 1.82) is 0 Å². The van der Waals surface area contributed by atoms with E-state index in [0.717, 1.165) is 43.3 Å². The van der Waals surface area contributed by atoms with Crippen LogP contribution < -0.4 is 5.32 Å². The fourth-order valence-electron chi connectivity index (χ4n) is 1.42. The molecule has 0 aliphatic heterocycles. The first-order chi connectivity index (χ1) is 7.74. The van der Waals surface area contributed by atoms with Crippen LogP contribution in [0.1, 0.15) is 18.9 Å². The number of halogens is 2. The number of nitrogens with two attached hydrogens (primary N) is 1. The zero-order chi connectivity index (χ0) is 11.8. The van der Waals surface area contributed by atoms with Gasteiger partial charge in [0.2, 0.25) is 0 Å². The highest BCUT2D eigenvalue weighted by atomic mass is 35.5. The molecule has 0 unspecified atom stereocenters. The molecule has 0 heterocycles. The molecule has 90 valence electrons. The molecule has 0 bridgehead atoms. The second kappa shape index (κ2) is 7.91. The summed E-state index contributed by atoms with van der Waals surface area (Å²) in [6.07, 6.45) is 1.07. The van der Waals surface area contributed by atoms with Crippen molar-refractivity contribution in [3.63, 3.8) is 0 Å². The van der Waals surface area contributed by atoms with Gasteiger partial charge in [-0.05, 0) is 19.1 Å². The molecule has 0 atom stereocenters. The summed E-state index contributed by atoms with van der Waals surface area (Å²) in [5.41, 5.74) is 1.13. The van der Waals surface area contributed by atoms with E-state index in [1.54, 1.807) is 6.07 Å². The molecular formula is C12H18Cl2NO+. The highest BCUT2D eigenvalue weighted by molar-refractivity contribution is 6.35. The minimum absolute atomic E-state index is 0.685. The summed E-state index contributed by atoms with van der Waals surface area (Å²) in [6, 6.07) is 5.63. The Morgan fingerprint density at radius 3 is 2.81 bits per heavy atom. The molecule has 0 aliphatic rings. The Balaban J connectivity index is 2.21. The standard InChI is InChI=1S/C12H17Cl2NO/c1-2-16-7-3-6-15-9-10-4-5-11(13)8-12(10)14/h4-5,8,15H,2-3,6-7,9H2,1H3/p+1. The molecule has 0 saturated heterocycles. The molecule has 0 spiro atoms. The maximum absolute atomic E-state index is 6.06. The molecule has 1 rings (SSSR count). The van der Waals surface area contributed by atoms with Gasteiger partial charge < -0.3 is 10.1 Å². The van der Waals surface area contributed by atoms with Gasteiger partial charge in [0.05, 0.1) is 18.2 Å². The third-order valence-electron chi connectivity index (χ3n) is 2.28. The first-order valence-electron chi connectivity index (χ1n) is 5.57. The SMILES string of the molecule is CCOCCC[NH2+]Cc1ccc(Cl)cc1Cl. The number of benzene rings is 1. The molecule has 2 nitrogen and oxygen atoms in total. The van der Waals surface area contributed by atoms with Crippen LogP contribution >= 0.6 is 23.2 Å². The van der Waals surface area contributed by atoms with Crippen LogP contribution in [0.3, 0.4) is 0 Å². The van der Waals surface area contributed by atoms with Gasteiger partial charge >= 0.3 is 0 Å². The fraction of sp³-hybridized carbons (Fsp3) is 0.500. The first-order valence-corrected chi connectivity index (χ1v) is 6.33. The van der Waals surface area contributed by atoms with Gasteiger partial charge in [-0.3, -0.25) is 0 Å². The summed E-state index contributed by atoms with van der Waals surface area (Å²) in [7, 11) is 0. The van der Waals surface area contributed by atoms with Crippen LogP contribution in [0.25, 0.3) is 0 Å². The molecule has 2 N–H and O–H groups in total. The Bertz CT molecular complexity index is 318. The lowest BCUT2D eigenvalue weighted by Crippen LogP contribution is -2.82. The lowest BCUT2D eigenvalue weighted by molar-refractivity contribution is -0.671. The average molecular weight is 263 g/mol. The maximum atomic E-state index is 6.06. The van der Waals surface area contributed by atoms with E-state index in [1.165, 1.54) is 0 Å². The number of hydrogen-bond acceptors (Lipinski definition) is 1. The van der Waals surface area contributed by atoms with E-state index in [-0.39, 0.29) is 0 Å². The summed E-state index contributed by atoms with van der Waals surface area (Å²) in [6.45, 7) is 5.59. The Morgan fingerprint density at radius 1 is 1.31 bits per heavy atom. The van der Waals surface area contributed by atoms with Gasteiger partial charge in [-0.25, -0.2) is 0 Å². The largest absolute Gasteiger partial charge is 0.382 e. The van der Waals surface area contributed by atoms with E-state index in [9.17, 15) is 0 Å². The van der Waals surface area contributed by atoms with Gasteiger partial charge in [-0.15, -0.1) is 0 Å². The van der Waals surface area contributed by atoms with Gasteiger partial charge in [0.25, 0.3) is 0 Å². The smallest absolute Gasteiger partial charge is 0.103 e. The van der Waals surface area contributed by atoms with E-state index in [4.69, 9.17) is 27.9 Å². The number of quaternary nitrogens is 1. The van der Waals surface area contributed by atoms with Crippen molar-refractivity contribution >= 4 is 23.2 Å². The average Bonchev–Trinajstić information content (AvgIpc) is 2.26. The lowest BCUT2D eigenvalue weighted by atomic mass is 10.2. The Kier molecular flexibility index (Phi) is 6.81. The van der Waals surface area contributed by atoms with Gasteiger partial charge in [0.15, 0.2) is 0 Å². The maximum Gasteiger partial charge on any atom is 0.103 e. The molecule has 0 aliphatic carbocycles. The third kappa shape index (κ3) is 5.17. The number of hydrogen-bond donors (Lipinski definition) is 1. The molecule has 0 amide bonds. The van der Waals surface area contributed by atoms with Crippen molar-refractivity contribution in [2.75, 3.05) is 19.8 Å². The van der Waals surface area contributed by atoms with E-state index in [0.29, 0.717) is 5.02 Å². The highest BCUT2D eigenvalue weighted by Crippen LogP contribution is 2.19. The molecule has 16 heavy (non-hydrogen) atoms. The van der Waals surface area contributed by atoms with Crippen molar-refractivity contribution in [2.45, 2.75) is 19.9 Å². The number of rotatable bonds is 7. The quantitative estimate of drug-likeness (QED) is 0.751. The van der Waals surface area contributed by atoms with Gasteiger partial charge in [-0.2, -0.15) is 0 Å². The molecule has 0 radical (unpaired) electrons. The Morgan fingerprint density at radius 2 is 2.12 bits per heavy atom. The topological polar surface area (TPSA) is 25.8 Å². The molecule has 1 aromatic rings. The van der Waals surface area contributed by atoms with Crippen LogP contribution in [0.4, 0.5) is 0 Å². The van der Waals surface area contributed by atoms with Crippen molar-refractivity contribution in [2.24, 2.45) is 0 Å². The molecule has 4 heteroatoms. The van der Waals surface area contributed by atoms with Gasteiger partial charge in [0, 0.05) is 23.6 Å². The minimum Gasteiger partial charge on any atom is -0.382 e. The predicted octanol–water partition coefficient (Wildman–Crippen LogP) is 2.48. The second-order valence-electron chi connectivity index (χ2n) is 3.57. The minimum atomic E-state index is 0.685. The van der Waals surface area contributed by atoms with Crippen LogP contribution in [0.2, 0.25) is 10.0 Å². The van der Waals surface area contributed by atoms with E-state index in [2.05, 4.69) is 5.32 Å². The van der Waals surface area contributed by atoms with Crippen molar-refractivity contribution < 1.29 is 10.1 Å². The summed E-state index contributed by atoms with van der Waals surface area (Å²) in [5.74, 6) is 0. The van der Waals surface area contributed by atoms with Gasteiger partial charge in [-0.1, -0.05) is 29.3 Å². The molecule has 0 aromatic heterocycles. The van der Waals surface area contributed by atoms with Crippen LogP contribution in [0.5, 0.6) is 0 Å². The van der Waals surface area contributed by atoms with E-state index in [1.807, 2.05) is 19.1 Å². The molecular weight excluding hydrogens is 245 g/mol. The van der Waals surface area contributed by atoms with Crippen molar-refractivity contribution in [1.82, 2.24) is 0 Å². The van der Waals surface area contributed by atoms with Gasteiger partial charge in [0.1, 0.15) is 6.54 Å². The zero-order valence-electron chi connectivity index (χ0n) is 9.51. The molecule has 1 aromatic carbocycles. The summed E-state index contributed by atoms with van der Waals surface area (Å²) < 4.78 is 5.26. The summed E-state index contributed by atoms with van der Waals surface area (Å²) >= 11 is 11.9. The monoisotopic (exact) mass is 262 g/mol. The van der Waals surface area contributed by atoms with Crippen LogP contribution in [-0.2, 0) is 11.3 Å². The van der Waals surface area contributed by atoms with Crippen LogP contribution in [0, 0.1) is 0 Å². The second-order valence-corrected chi connectivity index (χ2v) is 4.41. The van der Waals surface area contributed by atoms with Crippen LogP contribution in [0.15, 0.2) is 18.2 Å². The molecule has 0 saturated carbocycles. The lowest BCUT2D eigenvalue weighted by Gasteiger charge is -2.04. The van der Waals surface area contributed by atoms with Crippen molar-refractivity contribution in [3.05, 3.63) is 33.8 Å².